The van der Waals surface area contributed by atoms with Gasteiger partial charge in [0.15, 0.2) is 11.0 Å². The Kier molecular flexibility index (Phi) is 7.61. The molecule has 0 saturated carbocycles. The highest BCUT2D eigenvalue weighted by molar-refractivity contribution is 7.99. The topological polar surface area (TPSA) is 112 Å². The molecule has 1 amide bonds. The van der Waals surface area contributed by atoms with Gasteiger partial charge in [0.2, 0.25) is 5.91 Å². The van der Waals surface area contributed by atoms with Crippen LogP contribution in [0.5, 0.6) is 5.75 Å². The van der Waals surface area contributed by atoms with E-state index >= 15 is 0 Å². The first-order valence-electron chi connectivity index (χ1n) is 9.78. The molecule has 0 bridgehead atoms. The van der Waals surface area contributed by atoms with Crippen molar-refractivity contribution in [3.05, 3.63) is 82.2 Å². The number of allylic oxidation sites excluding steroid dienone is 1. The van der Waals surface area contributed by atoms with E-state index in [2.05, 4.69) is 22.1 Å². The molecule has 0 radical (unpaired) electrons. The summed E-state index contributed by atoms with van der Waals surface area (Å²) in [7, 11) is 0. The molecule has 1 aromatic heterocycles. The second-order valence-corrected chi connectivity index (χ2v) is 7.84. The SMILES string of the molecule is C=CCn1c(COc2cccc(C)c2C)nnc1SCC(=O)Nc1ccccc1[N+](=O)[O-]. The van der Waals surface area contributed by atoms with Gasteiger partial charge >= 0.3 is 0 Å². The maximum absolute atomic E-state index is 12.4. The fraction of sp³-hybridized carbons (Fsp3) is 0.227. The number of amides is 1. The van der Waals surface area contributed by atoms with Gasteiger partial charge in [0.25, 0.3) is 5.69 Å². The molecule has 2 aromatic carbocycles. The Bertz CT molecular complexity index is 1150. The van der Waals surface area contributed by atoms with E-state index in [0.717, 1.165) is 16.9 Å². The zero-order chi connectivity index (χ0) is 23.1. The third-order valence-electron chi connectivity index (χ3n) is 4.72. The smallest absolute Gasteiger partial charge is 0.292 e. The second kappa shape index (κ2) is 10.6. The lowest BCUT2D eigenvalue weighted by molar-refractivity contribution is -0.383. The van der Waals surface area contributed by atoms with Crippen molar-refractivity contribution in [3.8, 4) is 5.75 Å². The molecule has 0 aliphatic carbocycles. The van der Waals surface area contributed by atoms with Gasteiger partial charge in [-0.15, -0.1) is 16.8 Å². The van der Waals surface area contributed by atoms with Crippen molar-refractivity contribution in [3.63, 3.8) is 0 Å². The first-order chi connectivity index (χ1) is 15.4. The minimum Gasteiger partial charge on any atom is -0.485 e. The van der Waals surface area contributed by atoms with Gasteiger partial charge in [-0.2, -0.15) is 0 Å². The van der Waals surface area contributed by atoms with Crippen LogP contribution in [0.2, 0.25) is 0 Å². The van der Waals surface area contributed by atoms with Crippen LogP contribution >= 0.6 is 11.8 Å². The molecule has 32 heavy (non-hydrogen) atoms. The Morgan fingerprint density at radius 1 is 1.25 bits per heavy atom. The van der Waals surface area contributed by atoms with Crippen LogP contribution < -0.4 is 10.1 Å². The van der Waals surface area contributed by atoms with Crippen LogP contribution in [0.4, 0.5) is 11.4 Å². The van der Waals surface area contributed by atoms with Crippen molar-refractivity contribution >= 4 is 29.0 Å². The van der Waals surface area contributed by atoms with Gasteiger partial charge in [0, 0.05) is 12.6 Å². The number of thioether (sulfide) groups is 1. The van der Waals surface area contributed by atoms with E-state index in [0.29, 0.717) is 17.5 Å². The van der Waals surface area contributed by atoms with Gasteiger partial charge in [0.05, 0.1) is 10.7 Å². The van der Waals surface area contributed by atoms with Crippen molar-refractivity contribution in [1.29, 1.82) is 0 Å². The van der Waals surface area contributed by atoms with E-state index in [1.807, 2.05) is 36.6 Å². The standard InChI is InChI=1S/C22H23N5O4S/c1-4-12-26-20(13-31-19-11-7-8-15(2)16(19)3)24-25-22(26)32-14-21(28)23-17-9-5-6-10-18(17)27(29)30/h4-11H,1,12-14H2,2-3H3,(H,23,28). The molecule has 3 aromatic rings. The normalized spacial score (nSPS) is 10.6. The van der Waals surface area contributed by atoms with Crippen LogP contribution in [-0.2, 0) is 17.9 Å². The number of benzene rings is 2. The van der Waals surface area contributed by atoms with Gasteiger partial charge < -0.3 is 10.1 Å². The Labute approximate surface area is 189 Å². The van der Waals surface area contributed by atoms with E-state index in [1.54, 1.807) is 18.2 Å². The van der Waals surface area contributed by atoms with Crippen molar-refractivity contribution in [2.45, 2.75) is 32.2 Å². The molecule has 3 rings (SSSR count). The van der Waals surface area contributed by atoms with Crippen molar-refractivity contribution in [2.75, 3.05) is 11.1 Å². The number of nitrogens with zero attached hydrogens (tertiary/aromatic N) is 4. The zero-order valence-electron chi connectivity index (χ0n) is 17.8. The predicted octanol–water partition coefficient (Wildman–Crippen LogP) is 4.30. The van der Waals surface area contributed by atoms with Crippen molar-refractivity contribution < 1.29 is 14.5 Å². The summed E-state index contributed by atoms with van der Waals surface area (Å²) in [6.45, 7) is 8.45. The molecule has 0 unspecified atom stereocenters. The average Bonchev–Trinajstić information content (AvgIpc) is 3.15. The van der Waals surface area contributed by atoms with Gasteiger partial charge in [-0.1, -0.05) is 42.1 Å². The molecule has 0 spiro atoms. The van der Waals surface area contributed by atoms with Gasteiger partial charge in [-0.25, -0.2) is 0 Å². The average molecular weight is 454 g/mol. The summed E-state index contributed by atoms with van der Waals surface area (Å²) in [5.41, 5.74) is 2.18. The summed E-state index contributed by atoms with van der Waals surface area (Å²) in [5, 5.41) is 22.6. The monoisotopic (exact) mass is 453 g/mol. The third-order valence-corrected chi connectivity index (χ3v) is 5.69. The van der Waals surface area contributed by atoms with E-state index in [9.17, 15) is 14.9 Å². The minimum atomic E-state index is -0.536. The van der Waals surface area contributed by atoms with E-state index < -0.39 is 4.92 Å². The fourth-order valence-electron chi connectivity index (χ4n) is 2.92. The Morgan fingerprint density at radius 2 is 2.03 bits per heavy atom. The number of aryl methyl sites for hydroxylation is 1. The Hall–Kier alpha value is -3.66. The number of para-hydroxylation sites is 2. The summed E-state index contributed by atoms with van der Waals surface area (Å²) in [6.07, 6.45) is 1.71. The maximum Gasteiger partial charge on any atom is 0.292 e. The number of aromatic nitrogens is 3. The van der Waals surface area contributed by atoms with Gasteiger partial charge in [-0.3, -0.25) is 19.5 Å². The molecule has 166 valence electrons. The summed E-state index contributed by atoms with van der Waals surface area (Å²) < 4.78 is 7.75. The van der Waals surface area contributed by atoms with Crippen LogP contribution in [0.15, 0.2) is 60.3 Å². The molecule has 1 N–H and O–H groups in total. The number of anilines is 1. The number of carbonyl (C=O) groups is 1. The molecule has 1 heterocycles. The van der Waals surface area contributed by atoms with Crippen LogP contribution in [-0.4, -0.2) is 31.3 Å². The number of nitrogens with one attached hydrogen (secondary N) is 1. The number of nitro groups is 1. The first-order valence-corrected chi connectivity index (χ1v) is 10.8. The lowest BCUT2D eigenvalue weighted by atomic mass is 10.1. The van der Waals surface area contributed by atoms with Crippen LogP contribution in [0.1, 0.15) is 17.0 Å². The number of ether oxygens (including phenoxy) is 1. The molecule has 9 nitrogen and oxygen atoms in total. The van der Waals surface area contributed by atoms with E-state index in [1.165, 1.54) is 23.9 Å². The second-order valence-electron chi connectivity index (χ2n) is 6.90. The van der Waals surface area contributed by atoms with E-state index in [-0.39, 0.29) is 29.6 Å². The number of nitro benzene ring substituents is 1. The zero-order valence-corrected chi connectivity index (χ0v) is 18.6. The Balaban J connectivity index is 1.66. The van der Waals surface area contributed by atoms with Crippen LogP contribution in [0, 0.1) is 24.0 Å². The minimum absolute atomic E-state index is 0.0131. The summed E-state index contributed by atoms with van der Waals surface area (Å²) in [6, 6.07) is 11.9. The highest BCUT2D eigenvalue weighted by Gasteiger charge is 2.17. The molecule has 0 atom stereocenters. The fourth-order valence-corrected chi connectivity index (χ4v) is 3.69. The van der Waals surface area contributed by atoms with Crippen LogP contribution in [0.3, 0.4) is 0 Å². The molecule has 10 heteroatoms. The quantitative estimate of drug-likeness (QED) is 0.211. The molecule has 0 aliphatic heterocycles. The lowest BCUT2D eigenvalue weighted by Crippen LogP contribution is -2.16. The summed E-state index contributed by atoms with van der Waals surface area (Å²) in [5.74, 6) is 1.01. The molecular formula is C22H23N5O4S. The molecule has 0 saturated heterocycles. The van der Waals surface area contributed by atoms with Gasteiger partial charge in [-0.05, 0) is 37.1 Å². The maximum atomic E-state index is 12.4. The Morgan fingerprint density at radius 3 is 2.78 bits per heavy atom. The molecular weight excluding hydrogens is 430 g/mol. The predicted molar refractivity (Wildman–Crippen MR) is 123 cm³/mol. The molecule has 0 aliphatic rings. The highest BCUT2D eigenvalue weighted by Crippen LogP contribution is 2.25. The highest BCUT2D eigenvalue weighted by atomic mass is 32.2. The molecule has 0 fully saturated rings. The lowest BCUT2D eigenvalue weighted by Gasteiger charge is -2.12. The number of hydrogen-bond donors (Lipinski definition) is 1. The largest absolute Gasteiger partial charge is 0.485 e. The summed E-state index contributed by atoms with van der Waals surface area (Å²) >= 11 is 1.18. The number of rotatable bonds is 10. The number of carbonyl (C=O) groups excluding carboxylic acids is 1. The van der Waals surface area contributed by atoms with Crippen LogP contribution in [0.25, 0.3) is 0 Å². The third kappa shape index (κ3) is 5.52. The van der Waals surface area contributed by atoms with E-state index in [4.69, 9.17) is 4.74 Å². The number of hydrogen-bond acceptors (Lipinski definition) is 7. The van der Waals surface area contributed by atoms with Crippen molar-refractivity contribution in [1.82, 2.24) is 14.8 Å². The van der Waals surface area contributed by atoms with Gasteiger partial charge in [0.1, 0.15) is 18.0 Å². The summed E-state index contributed by atoms with van der Waals surface area (Å²) in [4.78, 5) is 22.9. The first kappa shape index (κ1) is 23.0. The van der Waals surface area contributed by atoms with Crippen molar-refractivity contribution in [2.24, 2.45) is 0 Å².